The smallest absolute Gasteiger partial charge is 0.173 e. The Morgan fingerprint density at radius 1 is 1.43 bits per heavy atom. The molecule has 0 aliphatic heterocycles. The van der Waals surface area contributed by atoms with Gasteiger partial charge in [0.1, 0.15) is 5.58 Å². The van der Waals surface area contributed by atoms with Gasteiger partial charge in [0.25, 0.3) is 0 Å². The average Bonchev–Trinajstić information content (AvgIpc) is 2.67. The van der Waals surface area contributed by atoms with Crippen LogP contribution in [-0.4, -0.2) is 11.0 Å². The van der Waals surface area contributed by atoms with E-state index in [2.05, 4.69) is 5.16 Å². The second kappa shape index (κ2) is 3.06. The molecule has 0 aliphatic carbocycles. The van der Waals surface area contributed by atoms with Gasteiger partial charge in [0.15, 0.2) is 5.84 Å². The van der Waals surface area contributed by atoms with Crippen molar-refractivity contribution in [1.82, 2.24) is 0 Å². The van der Waals surface area contributed by atoms with Crippen LogP contribution in [0.3, 0.4) is 0 Å². The summed E-state index contributed by atoms with van der Waals surface area (Å²) in [7, 11) is 0. The van der Waals surface area contributed by atoms with E-state index < -0.39 is 0 Å². The van der Waals surface area contributed by atoms with Gasteiger partial charge in [0.2, 0.25) is 0 Å². The molecule has 2 rings (SSSR count). The fraction of sp³-hybridized carbons (Fsp3) is 0.100. The molecule has 0 fully saturated rings. The van der Waals surface area contributed by atoms with Crippen LogP contribution in [-0.2, 0) is 0 Å². The van der Waals surface area contributed by atoms with Gasteiger partial charge in [-0.2, -0.15) is 0 Å². The predicted molar refractivity (Wildman–Crippen MR) is 53.5 cm³/mol. The van der Waals surface area contributed by atoms with Gasteiger partial charge in [-0.3, -0.25) is 0 Å². The normalized spacial score (nSPS) is 12.2. The van der Waals surface area contributed by atoms with Crippen LogP contribution in [0.4, 0.5) is 0 Å². The zero-order valence-corrected chi connectivity index (χ0v) is 7.69. The summed E-state index contributed by atoms with van der Waals surface area (Å²) < 4.78 is 5.28. The molecule has 0 saturated heterocycles. The lowest BCUT2D eigenvalue weighted by molar-refractivity contribution is 0.318. The Bertz CT molecular complexity index is 500. The molecule has 1 aromatic heterocycles. The Hall–Kier alpha value is -1.97. The highest BCUT2D eigenvalue weighted by molar-refractivity contribution is 6.07. The number of amidine groups is 1. The van der Waals surface area contributed by atoms with E-state index in [0.29, 0.717) is 11.1 Å². The highest BCUT2D eigenvalue weighted by Gasteiger charge is 2.09. The van der Waals surface area contributed by atoms with E-state index in [9.17, 15) is 0 Å². The van der Waals surface area contributed by atoms with Gasteiger partial charge in [-0.25, -0.2) is 0 Å². The molecule has 72 valence electrons. The third kappa shape index (κ3) is 1.12. The number of hydrogen-bond donors (Lipinski definition) is 2. The van der Waals surface area contributed by atoms with Crippen molar-refractivity contribution in [3.63, 3.8) is 0 Å². The van der Waals surface area contributed by atoms with Crippen molar-refractivity contribution in [2.45, 2.75) is 6.92 Å². The summed E-state index contributed by atoms with van der Waals surface area (Å²) in [4.78, 5) is 0. The van der Waals surface area contributed by atoms with Crippen molar-refractivity contribution in [2.75, 3.05) is 0 Å². The van der Waals surface area contributed by atoms with E-state index in [4.69, 9.17) is 15.4 Å². The van der Waals surface area contributed by atoms with E-state index in [1.165, 1.54) is 0 Å². The van der Waals surface area contributed by atoms with Crippen LogP contribution >= 0.6 is 0 Å². The maximum Gasteiger partial charge on any atom is 0.173 e. The summed E-state index contributed by atoms with van der Waals surface area (Å²) >= 11 is 0. The Labute approximate surface area is 80.6 Å². The van der Waals surface area contributed by atoms with Gasteiger partial charge in [0, 0.05) is 5.39 Å². The van der Waals surface area contributed by atoms with E-state index in [-0.39, 0.29) is 5.84 Å². The van der Waals surface area contributed by atoms with Crippen LogP contribution in [0.15, 0.2) is 34.0 Å². The third-order valence-corrected chi connectivity index (χ3v) is 2.22. The second-order valence-electron chi connectivity index (χ2n) is 3.08. The number of aryl methyl sites for hydroxylation is 1. The molecular formula is C10H10N2O2. The van der Waals surface area contributed by atoms with Crippen molar-refractivity contribution in [3.05, 3.63) is 35.6 Å². The quantitative estimate of drug-likeness (QED) is 0.312. The fourth-order valence-corrected chi connectivity index (χ4v) is 1.46. The van der Waals surface area contributed by atoms with Crippen molar-refractivity contribution in [2.24, 2.45) is 10.9 Å². The van der Waals surface area contributed by atoms with Crippen LogP contribution in [0, 0.1) is 6.92 Å². The first kappa shape index (κ1) is 8.62. The number of nitrogens with zero attached hydrogens (tertiary/aromatic N) is 1. The zero-order chi connectivity index (χ0) is 10.1. The molecular weight excluding hydrogens is 180 g/mol. The van der Waals surface area contributed by atoms with E-state index in [0.717, 1.165) is 10.9 Å². The Kier molecular flexibility index (Phi) is 1.89. The second-order valence-corrected chi connectivity index (χ2v) is 3.08. The Balaban J connectivity index is 2.79. The maximum atomic E-state index is 8.58. The lowest BCUT2D eigenvalue weighted by Gasteiger charge is -2.01. The topological polar surface area (TPSA) is 71.8 Å². The monoisotopic (exact) mass is 190 g/mol. The number of nitrogens with two attached hydrogens (primary N) is 1. The van der Waals surface area contributed by atoms with Gasteiger partial charge in [-0.1, -0.05) is 11.2 Å². The summed E-state index contributed by atoms with van der Waals surface area (Å²) in [5.41, 5.74) is 7.87. The summed E-state index contributed by atoms with van der Waals surface area (Å²) in [5.74, 6) is 0.0601. The molecule has 1 aromatic carbocycles. The fourth-order valence-electron chi connectivity index (χ4n) is 1.46. The Morgan fingerprint density at radius 3 is 2.93 bits per heavy atom. The number of benzene rings is 1. The highest BCUT2D eigenvalue weighted by atomic mass is 16.4. The van der Waals surface area contributed by atoms with Crippen LogP contribution in [0.1, 0.15) is 11.1 Å². The number of fused-ring (bicyclic) bond motifs is 1. The molecule has 0 amide bonds. The van der Waals surface area contributed by atoms with Crippen LogP contribution in [0.25, 0.3) is 11.0 Å². The Morgan fingerprint density at radius 2 is 2.21 bits per heavy atom. The standard InChI is InChI=1S/C10H10N2O2/c1-6-2-3-8(10(11)12-13)9-7(6)4-5-14-9/h2-5,13H,1H3,(H2,11,12). The lowest BCUT2D eigenvalue weighted by Crippen LogP contribution is -2.13. The van der Waals surface area contributed by atoms with Crippen LogP contribution < -0.4 is 5.73 Å². The number of hydrogen-bond acceptors (Lipinski definition) is 3. The van der Waals surface area contributed by atoms with Crippen molar-refractivity contribution >= 4 is 16.8 Å². The van der Waals surface area contributed by atoms with E-state index in [1.807, 2.05) is 19.1 Å². The molecule has 0 saturated carbocycles. The molecule has 2 aromatic rings. The molecule has 0 atom stereocenters. The highest BCUT2D eigenvalue weighted by Crippen LogP contribution is 2.23. The summed E-state index contributed by atoms with van der Waals surface area (Å²) in [5, 5.41) is 12.5. The van der Waals surface area contributed by atoms with Crippen molar-refractivity contribution in [1.29, 1.82) is 0 Å². The van der Waals surface area contributed by atoms with Crippen molar-refractivity contribution < 1.29 is 9.62 Å². The number of rotatable bonds is 1. The van der Waals surface area contributed by atoms with E-state index in [1.54, 1.807) is 12.3 Å². The van der Waals surface area contributed by atoms with Crippen molar-refractivity contribution in [3.8, 4) is 0 Å². The molecule has 0 unspecified atom stereocenters. The molecule has 1 heterocycles. The predicted octanol–water partition coefficient (Wildman–Crippen LogP) is 1.84. The molecule has 0 aliphatic rings. The van der Waals surface area contributed by atoms with E-state index >= 15 is 0 Å². The molecule has 4 heteroatoms. The minimum absolute atomic E-state index is 0.0601. The first-order valence-corrected chi connectivity index (χ1v) is 4.18. The largest absolute Gasteiger partial charge is 0.464 e. The average molecular weight is 190 g/mol. The van der Waals surface area contributed by atoms with Crippen LogP contribution in [0.2, 0.25) is 0 Å². The minimum Gasteiger partial charge on any atom is -0.464 e. The molecule has 0 radical (unpaired) electrons. The minimum atomic E-state index is 0.0601. The van der Waals surface area contributed by atoms with Gasteiger partial charge < -0.3 is 15.4 Å². The number of furan rings is 1. The summed E-state index contributed by atoms with van der Waals surface area (Å²) in [6, 6.07) is 5.54. The molecule has 4 nitrogen and oxygen atoms in total. The maximum absolute atomic E-state index is 8.58. The first-order valence-electron chi connectivity index (χ1n) is 4.18. The van der Waals surface area contributed by atoms with Crippen LogP contribution in [0.5, 0.6) is 0 Å². The van der Waals surface area contributed by atoms with Gasteiger partial charge in [-0.15, -0.1) is 0 Å². The first-order chi connectivity index (χ1) is 6.74. The van der Waals surface area contributed by atoms with Gasteiger partial charge >= 0.3 is 0 Å². The molecule has 0 bridgehead atoms. The molecule has 3 N–H and O–H groups in total. The third-order valence-electron chi connectivity index (χ3n) is 2.22. The molecule has 0 spiro atoms. The van der Waals surface area contributed by atoms with Gasteiger partial charge in [0.05, 0.1) is 11.8 Å². The summed E-state index contributed by atoms with van der Waals surface area (Å²) in [6.07, 6.45) is 1.59. The van der Waals surface area contributed by atoms with Gasteiger partial charge in [-0.05, 0) is 24.6 Å². The molecule has 14 heavy (non-hydrogen) atoms. The SMILES string of the molecule is Cc1ccc(C(N)=NO)c2occc12. The lowest BCUT2D eigenvalue weighted by atomic mass is 10.1. The summed E-state index contributed by atoms with van der Waals surface area (Å²) in [6.45, 7) is 1.98. The number of oxime groups is 1. The zero-order valence-electron chi connectivity index (χ0n) is 7.69.